The Morgan fingerprint density at radius 3 is 2.17 bits per heavy atom. The van der Waals surface area contributed by atoms with Crippen LogP contribution in [0.2, 0.25) is 5.02 Å². The van der Waals surface area contributed by atoms with Crippen LogP contribution in [-0.2, 0) is 13.2 Å². The summed E-state index contributed by atoms with van der Waals surface area (Å²) < 4.78 is 17.3. The van der Waals surface area contributed by atoms with Crippen LogP contribution in [0.4, 0.5) is 5.69 Å². The summed E-state index contributed by atoms with van der Waals surface area (Å²) in [5, 5.41) is 3.94. The fraction of sp³-hybridized carbons (Fsp3) is 0.280. The van der Waals surface area contributed by atoms with Crippen molar-refractivity contribution >= 4 is 17.3 Å². The molecule has 0 fully saturated rings. The molecule has 0 aliphatic heterocycles. The van der Waals surface area contributed by atoms with Gasteiger partial charge in [-0.2, -0.15) is 0 Å². The normalized spacial score (nSPS) is 10.5. The molecule has 0 aliphatic rings. The molecule has 0 radical (unpaired) electrons. The second-order valence-electron chi connectivity index (χ2n) is 6.92. The Hall–Kier alpha value is -2.85. The van der Waals surface area contributed by atoms with Crippen molar-refractivity contribution in [3.63, 3.8) is 0 Å². The average Bonchev–Trinajstić information content (AvgIpc) is 2.74. The van der Waals surface area contributed by atoms with E-state index in [0.29, 0.717) is 42.9 Å². The highest BCUT2D eigenvalue weighted by atomic mass is 35.5. The van der Waals surface area contributed by atoms with Crippen LogP contribution < -0.4 is 19.5 Å². The van der Waals surface area contributed by atoms with E-state index in [1.165, 1.54) is 5.56 Å². The number of benzene rings is 3. The van der Waals surface area contributed by atoms with Gasteiger partial charge in [-0.1, -0.05) is 41.4 Å². The lowest BCUT2D eigenvalue weighted by Gasteiger charge is -2.16. The average molecular weight is 426 g/mol. The van der Waals surface area contributed by atoms with Gasteiger partial charge in [0.2, 0.25) is 0 Å². The molecule has 30 heavy (non-hydrogen) atoms. The first kappa shape index (κ1) is 21.8. The van der Waals surface area contributed by atoms with Crippen molar-refractivity contribution in [1.82, 2.24) is 0 Å². The molecule has 1 N–H and O–H groups in total. The maximum atomic E-state index is 6.55. The molecule has 4 nitrogen and oxygen atoms in total. The van der Waals surface area contributed by atoms with Crippen molar-refractivity contribution in [2.75, 3.05) is 18.5 Å². The summed E-state index contributed by atoms with van der Waals surface area (Å²) in [5.41, 5.74) is 4.32. The van der Waals surface area contributed by atoms with E-state index >= 15 is 0 Å². The Labute approximate surface area is 183 Å². The number of hydrogen-bond acceptors (Lipinski definition) is 4. The van der Waals surface area contributed by atoms with Crippen molar-refractivity contribution in [3.8, 4) is 17.2 Å². The molecule has 0 spiro atoms. The summed E-state index contributed by atoms with van der Waals surface area (Å²) in [6.07, 6.45) is 0. The largest absolute Gasteiger partial charge is 0.494 e. The van der Waals surface area contributed by atoms with Gasteiger partial charge in [0, 0.05) is 12.2 Å². The highest BCUT2D eigenvalue weighted by Gasteiger charge is 2.13. The summed E-state index contributed by atoms with van der Waals surface area (Å²) in [4.78, 5) is 0. The second kappa shape index (κ2) is 10.8. The van der Waals surface area contributed by atoms with Crippen LogP contribution in [0.1, 0.15) is 30.5 Å². The van der Waals surface area contributed by atoms with Crippen molar-refractivity contribution in [1.29, 1.82) is 0 Å². The van der Waals surface area contributed by atoms with Gasteiger partial charge in [0.25, 0.3) is 0 Å². The molecule has 0 saturated heterocycles. The van der Waals surface area contributed by atoms with Crippen LogP contribution in [0, 0.1) is 6.92 Å². The van der Waals surface area contributed by atoms with E-state index in [4.69, 9.17) is 25.8 Å². The molecule has 5 heteroatoms. The first-order chi connectivity index (χ1) is 14.6. The highest BCUT2D eigenvalue weighted by Crippen LogP contribution is 2.37. The molecule has 0 heterocycles. The molecular formula is C25H28ClNO3. The Bertz CT molecular complexity index is 940. The Kier molecular flexibility index (Phi) is 7.86. The molecule has 0 atom stereocenters. The van der Waals surface area contributed by atoms with Gasteiger partial charge in [0.05, 0.1) is 18.2 Å². The first-order valence-electron chi connectivity index (χ1n) is 10.2. The van der Waals surface area contributed by atoms with Crippen molar-refractivity contribution in [3.05, 3.63) is 82.4 Å². The SMILES string of the molecule is CCOc1ccc(NCc2cc(Cl)c(OCc3ccc(C)cc3)c(OCC)c2)cc1. The molecule has 158 valence electrons. The van der Waals surface area contributed by atoms with Gasteiger partial charge in [0.15, 0.2) is 11.5 Å². The zero-order valence-corrected chi connectivity index (χ0v) is 18.5. The molecule has 3 rings (SSSR count). The maximum absolute atomic E-state index is 6.55. The summed E-state index contributed by atoms with van der Waals surface area (Å²) in [6, 6.07) is 20.0. The molecular weight excluding hydrogens is 398 g/mol. The molecule has 0 saturated carbocycles. The maximum Gasteiger partial charge on any atom is 0.180 e. The van der Waals surface area contributed by atoms with Crippen molar-refractivity contribution < 1.29 is 14.2 Å². The van der Waals surface area contributed by atoms with E-state index in [9.17, 15) is 0 Å². The van der Waals surface area contributed by atoms with Gasteiger partial charge in [-0.25, -0.2) is 0 Å². The summed E-state index contributed by atoms with van der Waals surface area (Å²) >= 11 is 6.55. The minimum absolute atomic E-state index is 0.434. The number of nitrogens with one attached hydrogen (secondary N) is 1. The Morgan fingerprint density at radius 1 is 0.800 bits per heavy atom. The monoisotopic (exact) mass is 425 g/mol. The fourth-order valence-corrected chi connectivity index (χ4v) is 3.29. The van der Waals surface area contributed by atoms with Crippen LogP contribution in [0.15, 0.2) is 60.7 Å². The lowest BCUT2D eigenvalue weighted by molar-refractivity contribution is 0.269. The molecule has 0 bridgehead atoms. The third kappa shape index (κ3) is 6.07. The molecule has 3 aromatic carbocycles. The van der Waals surface area contributed by atoms with Crippen LogP contribution in [-0.4, -0.2) is 13.2 Å². The van der Waals surface area contributed by atoms with E-state index in [1.54, 1.807) is 0 Å². The van der Waals surface area contributed by atoms with E-state index in [0.717, 1.165) is 22.6 Å². The van der Waals surface area contributed by atoms with Crippen molar-refractivity contribution in [2.24, 2.45) is 0 Å². The predicted molar refractivity (Wildman–Crippen MR) is 123 cm³/mol. The van der Waals surface area contributed by atoms with Gasteiger partial charge in [-0.3, -0.25) is 0 Å². The second-order valence-corrected chi connectivity index (χ2v) is 7.33. The van der Waals surface area contributed by atoms with Crippen LogP contribution in [0.25, 0.3) is 0 Å². The molecule has 3 aromatic rings. The van der Waals surface area contributed by atoms with E-state index in [2.05, 4.69) is 36.5 Å². The van der Waals surface area contributed by atoms with E-state index < -0.39 is 0 Å². The zero-order chi connectivity index (χ0) is 21.3. The van der Waals surface area contributed by atoms with Crippen molar-refractivity contribution in [2.45, 2.75) is 33.9 Å². The van der Waals surface area contributed by atoms with E-state index in [-0.39, 0.29) is 0 Å². The number of ether oxygens (including phenoxy) is 3. The summed E-state index contributed by atoms with van der Waals surface area (Å²) in [5.74, 6) is 2.09. The Morgan fingerprint density at radius 2 is 1.50 bits per heavy atom. The summed E-state index contributed by atoms with van der Waals surface area (Å²) in [6.45, 7) is 8.23. The number of hydrogen-bond donors (Lipinski definition) is 1. The van der Waals surface area contributed by atoms with Crippen LogP contribution in [0.3, 0.4) is 0 Å². The van der Waals surface area contributed by atoms with Gasteiger partial charge in [0.1, 0.15) is 12.4 Å². The third-order valence-corrected chi connectivity index (χ3v) is 4.82. The number of aryl methyl sites for hydroxylation is 1. The molecule has 0 aromatic heterocycles. The van der Waals surface area contributed by atoms with Gasteiger partial charge < -0.3 is 19.5 Å². The lowest BCUT2D eigenvalue weighted by Crippen LogP contribution is -2.04. The zero-order valence-electron chi connectivity index (χ0n) is 17.7. The highest BCUT2D eigenvalue weighted by molar-refractivity contribution is 6.32. The quantitative estimate of drug-likeness (QED) is 0.395. The topological polar surface area (TPSA) is 39.7 Å². The first-order valence-corrected chi connectivity index (χ1v) is 10.6. The van der Waals surface area contributed by atoms with Gasteiger partial charge in [-0.05, 0) is 68.3 Å². The van der Waals surface area contributed by atoms with E-state index in [1.807, 2.05) is 50.2 Å². The minimum atomic E-state index is 0.434. The third-order valence-electron chi connectivity index (χ3n) is 4.53. The molecule has 0 aliphatic carbocycles. The summed E-state index contributed by atoms with van der Waals surface area (Å²) in [7, 11) is 0. The Balaban J connectivity index is 1.69. The van der Waals surface area contributed by atoms with Crippen LogP contribution >= 0.6 is 11.6 Å². The fourth-order valence-electron chi connectivity index (χ4n) is 3.01. The molecule has 0 amide bonds. The minimum Gasteiger partial charge on any atom is -0.494 e. The van der Waals surface area contributed by atoms with Gasteiger partial charge in [-0.15, -0.1) is 0 Å². The smallest absolute Gasteiger partial charge is 0.180 e. The number of rotatable bonds is 10. The lowest BCUT2D eigenvalue weighted by atomic mass is 10.1. The standard InChI is InChI=1S/C25H28ClNO3/c1-4-28-22-12-10-21(11-13-22)27-16-20-14-23(26)25(24(15-20)29-5-2)30-17-19-8-6-18(3)7-9-19/h6-15,27H,4-5,16-17H2,1-3H3. The van der Waals surface area contributed by atoms with Crippen LogP contribution in [0.5, 0.6) is 17.2 Å². The predicted octanol–water partition coefficient (Wildman–Crippen LogP) is 6.64. The molecule has 0 unspecified atom stereocenters. The number of anilines is 1. The number of halogens is 1. The van der Waals surface area contributed by atoms with Gasteiger partial charge >= 0.3 is 0 Å².